The number of hydrogen-bond acceptors (Lipinski definition) is 2. The lowest BCUT2D eigenvalue weighted by Crippen LogP contribution is -2.42. The number of benzene rings is 1. The molecule has 2 fully saturated rings. The van der Waals surface area contributed by atoms with Gasteiger partial charge in [-0.2, -0.15) is 0 Å². The smallest absolute Gasteiger partial charge is 0.223 e. The number of nitrogens with zero attached hydrogens (tertiary/aromatic N) is 1. The molecular formula is C14H17NOS. The lowest BCUT2D eigenvalue weighted by Gasteiger charge is -2.33. The van der Waals surface area contributed by atoms with E-state index in [0.717, 1.165) is 19.3 Å². The van der Waals surface area contributed by atoms with Crippen molar-refractivity contribution in [3.63, 3.8) is 0 Å². The first-order valence-electron chi connectivity index (χ1n) is 6.37. The lowest BCUT2D eigenvalue weighted by atomic mass is 10.0. The van der Waals surface area contributed by atoms with Gasteiger partial charge in [0.25, 0.3) is 0 Å². The van der Waals surface area contributed by atoms with E-state index < -0.39 is 0 Å². The van der Waals surface area contributed by atoms with Gasteiger partial charge >= 0.3 is 0 Å². The van der Waals surface area contributed by atoms with Crippen LogP contribution in [0.2, 0.25) is 0 Å². The Balaban J connectivity index is 1.74. The van der Waals surface area contributed by atoms with Crippen molar-refractivity contribution in [2.75, 3.05) is 0 Å². The summed E-state index contributed by atoms with van der Waals surface area (Å²) < 4.78 is 0. The first kappa shape index (κ1) is 11.1. The standard InChI is InChI=1S/C14H17NOS/c16-13-8-4-5-11-9-10-14(15(11)13)17-12-6-2-1-3-7-12/h1-3,6-7,11,14H,4-5,8-10H2/t11-,14-/m0/s1. The monoisotopic (exact) mass is 247 g/mol. The third-order valence-electron chi connectivity index (χ3n) is 3.68. The Bertz CT molecular complexity index is 406. The molecule has 2 aliphatic rings. The number of amides is 1. The molecule has 0 bridgehead atoms. The van der Waals surface area contributed by atoms with Gasteiger partial charge in [-0.3, -0.25) is 4.79 Å². The van der Waals surface area contributed by atoms with Crippen molar-refractivity contribution < 1.29 is 4.79 Å². The van der Waals surface area contributed by atoms with Crippen LogP contribution in [0.4, 0.5) is 0 Å². The van der Waals surface area contributed by atoms with E-state index in [0.29, 0.717) is 17.3 Å². The number of carbonyl (C=O) groups excluding carboxylic acids is 1. The van der Waals surface area contributed by atoms with Gasteiger partial charge in [0.05, 0.1) is 5.37 Å². The maximum atomic E-state index is 12.0. The molecule has 1 amide bonds. The van der Waals surface area contributed by atoms with Gasteiger partial charge in [-0.15, -0.1) is 11.8 Å². The first-order chi connectivity index (χ1) is 8.34. The van der Waals surface area contributed by atoms with Crippen LogP contribution >= 0.6 is 11.8 Å². The fourth-order valence-electron chi connectivity index (χ4n) is 2.89. The highest BCUT2D eigenvalue weighted by Crippen LogP contribution is 2.40. The third kappa shape index (κ3) is 2.21. The summed E-state index contributed by atoms with van der Waals surface area (Å²) in [6, 6.07) is 10.9. The number of rotatable bonds is 2. The third-order valence-corrected chi connectivity index (χ3v) is 4.96. The maximum Gasteiger partial charge on any atom is 0.223 e. The molecule has 90 valence electrons. The Morgan fingerprint density at radius 3 is 2.76 bits per heavy atom. The number of piperidine rings is 1. The van der Waals surface area contributed by atoms with Gasteiger partial charge in [-0.25, -0.2) is 0 Å². The maximum absolute atomic E-state index is 12.0. The molecule has 2 nitrogen and oxygen atoms in total. The summed E-state index contributed by atoms with van der Waals surface area (Å²) >= 11 is 1.85. The van der Waals surface area contributed by atoms with Crippen molar-refractivity contribution in [3.05, 3.63) is 30.3 Å². The second-order valence-corrected chi connectivity index (χ2v) is 6.06. The zero-order valence-corrected chi connectivity index (χ0v) is 10.7. The van der Waals surface area contributed by atoms with E-state index in [1.165, 1.54) is 17.7 Å². The van der Waals surface area contributed by atoms with Gasteiger partial charge in [0.2, 0.25) is 5.91 Å². The Morgan fingerprint density at radius 2 is 1.94 bits per heavy atom. The van der Waals surface area contributed by atoms with Gasteiger partial charge in [-0.1, -0.05) is 18.2 Å². The van der Waals surface area contributed by atoms with Crippen molar-refractivity contribution in [2.24, 2.45) is 0 Å². The molecule has 3 heteroatoms. The number of thioether (sulfide) groups is 1. The van der Waals surface area contributed by atoms with Gasteiger partial charge in [0.1, 0.15) is 0 Å². The minimum absolute atomic E-state index is 0.368. The minimum atomic E-state index is 0.368. The Morgan fingerprint density at radius 1 is 1.12 bits per heavy atom. The summed E-state index contributed by atoms with van der Waals surface area (Å²) in [7, 11) is 0. The first-order valence-corrected chi connectivity index (χ1v) is 7.25. The number of hydrogen-bond donors (Lipinski definition) is 0. The molecule has 0 saturated carbocycles. The summed E-state index contributed by atoms with van der Waals surface area (Å²) in [5, 5.41) is 0.371. The van der Waals surface area contributed by atoms with E-state index in [9.17, 15) is 4.79 Å². The molecule has 17 heavy (non-hydrogen) atoms. The fraction of sp³-hybridized carbons (Fsp3) is 0.500. The van der Waals surface area contributed by atoms with Crippen molar-refractivity contribution >= 4 is 17.7 Å². The van der Waals surface area contributed by atoms with E-state index in [4.69, 9.17) is 0 Å². The second-order valence-electron chi connectivity index (χ2n) is 4.81. The van der Waals surface area contributed by atoms with E-state index in [2.05, 4.69) is 29.2 Å². The Labute approximate surface area is 106 Å². The molecule has 1 aromatic rings. The Kier molecular flexibility index (Phi) is 3.10. The molecule has 0 N–H and O–H groups in total. The molecule has 3 rings (SSSR count). The van der Waals surface area contributed by atoms with E-state index >= 15 is 0 Å². The predicted molar refractivity (Wildman–Crippen MR) is 69.8 cm³/mol. The van der Waals surface area contributed by atoms with Crippen LogP contribution in [0.25, 0.3) is 0 Å². The van der Waals surface area contributed by atoms with E-state index in [1.807, 2.05) is 17.8 Å². The van der Waals surface area contributed by atoms with Crippen LogP contribution in [0, 0.1) is 0 Å². The van der Waals surface area contributed by atoms with Crippen LogP contribution in [0.1, 0.15) is 32.1 Å². The zero-order valence-electron chi connectivity index (χ0n) is 9.84. The molecular weight excluding hydrogens is 230 g/mol. The topological polar surface area (TPSA) is 20.3 Å². The predicted octanol–water partition coefficient (Wildman–Crippen LogP) is 3.28. The average molecular weight is 247 g/mol. The quantitative estimate of drug-likeness (QED) is 0.799. The van der Waals surface area contributed by atoms with Crippen molar-refractivity contribution in [3.8, 4) is 0 Å². The molecule has 0 aromatic heterocycles. The molecule has 2 aliphatic heterocycles. The molecule has 2 heterocycles. The zero-order chi connectivity index (χ0) is 11.7. The molecule has 1 aromatic carbocycles. The van der Waals surface area contributed by atoms with Crippen LogP contribution in [-0.4, -0.2) is 22.2 Å². The summed E-state index contributed by atoms with van der Waals surface area (Å²) in [5.74, 6) is 0.368. The van der Waals surface area contributed by atoms with Gasteiger partial charge in [0.15, 0.2) is 0 Å². The highest BCUT2D eigenvalue weighted by molar-refractivity contribution is 7.99. The molecule has 0 spiro atoms. The normalized spacial score (nSPS) is 28.2. The SMILES string of the molecule is O=C1CCC[C@H]2CC[C@H](Sc3ccccc3)N12. The van der Waals surface area contributed by atoms with E-state index in [1.54, 1.807) is 0 Å². The van der Waals surface area contributed by atoms with Crippen LogP contribution in [0.3, 0.4) is 0 Å². The fourth-order valence-corrected chi connectivity index (χ4v) is 4.17. The van der Waals surface area contributed by atoms with Crippen LogP contribution in [0.15, 0.2) is 35.2 Å². The van der Waals surface area contributed by atoms with Gasteiger partial charge in [0, 0.05) is 17.4 Å². The summed E-state index contributed by atoms with van der Waals surface area (Å²) in [6.45, 7) is 0. The summed E-state index contributed by atoms with van der Waals surface area (Å²) in [6.07, 6.45) is 5.38. The lowest BCUT2D eigenvalue weighted by molar-refractivity contribution is -0.135. The number of fused-ring (bicyclic) bond motifs is 1. The molecule has 0 radical (unpaired) electrons. The Hall–Kier alpha value is -0.960. The number of carbonyl (C=O) groups is 1. The second kappa shape index (κ2) is 4.73. The van der Waals surface area contributed by atoms with Crippen molar-refractivity contribution in [2.45, 2.75) is 48.4 Å². The van der Waals surface area contributed by atoms with Crippen LogP contribution in [-0.2, 0) is 4.79 Å². The largest absolute Gasteiger partial charge is 0.327 e. The molecule has 2 atom stereocenters. The van der Waals surface area contributed by atoms with Gasteiger partial charge < -0.3 is 4.90 Å². The van der Waals surface area contributed by atoms with Crippen LogP contribution < -0.4 is 0 Å². The summed E-state index contributed by atoms with van der Waals surface area (Å²) in [4.78, 5) is 15.4. The van der Waals surface area contributed by atoms with Crippen molar-refractivity contribution in [1.29, 1.82) is 0 Å². The highest BCUT2D eigenvalue weighted by atomic mass is 32.2. The summed E-state index contributed by atoms with van der Waals surface area (Å²) in [5.41, 5.74) is 0. The van der Waals surface area contributed by atoms with Gasteiger partial charge in [-0.05, 0) is 37.8 Å². The van der Waals surface area contributed by atoms with E-state index in [-0.39, 0.29) is 0 Å². The highest BCUT2D eigenvalue weighted by Gasteiger charge is 2.39. The molecule has 0 unspecified atom stereocenters. The molecule has 0 aliphatic carbocycles. The average Bonchev–Trinajstić information content (AvgIpc) is 2.75. The molecule has 2 saturated heterocycles. The minimum Gasteiger partial charge on any atom is -0.327 e. The van der Waals surface area contributed by atoms with Crippen molar-refractivity contribution in [1.82, 2.24) is 4.90 Å². The van der Waals surface area contributed by atoms with Crippen LogP contribution in [0.5, 0.6) is 0 Å².